The Morgan fingerprint density at radius 3 is 2.48 bits per heavy atom. The molecule has 0 atom stereocenters. The van der Waals surface area contributed by atoms with Crippen molar-refractivity contribution in [3.63, 3.8) is 0 Å². The van der Waals surface area contributed by atoms with Gasteiger partial charge in [-0.25, -0.2) is 0 Å². The van der Waals surface area contributed by atoms with Crippen molar-refractivity contribution in [2.24, 2.45) is 0 Å². The average molecular weight is 350 g/mol. The van der Waals surface area contributed by atoms with Crippen molar-refractivity contribution in [2.75, 3.05) is 26.8 Å². The van der Waals surface area contributed by atoms with Gasteiger partial charge in [-0.2, -0.15) is 0 Å². The summed E-state index contributed by atoms with van der Waals surface area (Å²) < 4.78 is 11.3. The van der Waals surface area contributed by atoms with Crippen LogP contribution in [0.4, 0.5) is 0 Å². The van der Waals surface area contributed by atoms with Gasteiger partial charge in [-0.05, 0) is 45.4 Å². The quantitative estimate of drug-likeness (QED) is 0.659. The van der Waals surface area contributed by atoms with Crippen molar-refractivity contribution in [3.8, 4) is 11.5 Å². The normalized spacial score (nSPS) is 10.5. The number of hydrogen-bond donors (Lipinski definition) is 1. The molecule has 0 bridgehead atoms. The summed E-state index contributed by atoms with van der Waals surface area (Å²) in [5.41, 5.74) is 0.464. The van der Waals surface area contributed by atoms with E-state index < -0.39 is 0 Å². The van der Waals surface area contributed by atoms with E-state index in [0.29, 0.717) is 30.3 Å². The van der Waals surface area contributed by atoms with E-state index in [0.717, 1.165) is 12.8 Å². The van der Waals surface area contributed by atoms with Crippen molar-refractivity contribution in [2.45, 2.75) is 46.6 Å². The Balaban J connectivity index is 2.83. The number of ether oxygens (including phenoxy) is 2. The summed E-state index contributed by atoms with van der Waals surface area (Å²) >= 11 is 0. The molecule has 0 saturated carbocycles. The molecule has 6 nitrogen and oxygen atoms in total. The van der Waals surface area contributed by atoms with Gasteiger partial charge < -0.3 is 19.7 Å². The van der Waals surface area contributed by atoms with Gasteiger partial charge in [0.25, 0.3) is 5.91 Å². The van der Waals surface area contributed by atoms with Gasteiger partial charge in [0.1, 0.15) is 0 Å². The number of unbranched alkanes of at least 4 members (excludes halogenated alkanes) is 1. The van der Waals surface area contributed by atoms with Crippen LogP contribution in [0.1, 0.15) is 50.9 Å². The summed E-state index contributed by atoms with van der Waals surface area (Å²) in [5, 5.41) is 2.77. The fourth-order valence-corrected chi connectivity index (χ4v) is 2.23. The van der Waals surface area contributed by atoms with Crippen LogP contribution in [-0.4, -0.2) is 49.6 Å². The monoisotopic (exact) mass is 350 g/mol. The van der Waals surface area contributed by atoms with E-state index in [-0.39, 0.29) is 24.4 Å². The number of hydrogen-bond acceptors (Lipinski definition) is 4. The zero-order chi connectivity index (χ0) is 18.8. The van der Waals surface area contributed by atoms with E-state index in [1.807, 2.05) is 20.8 Å². The van der Waals surface area contributed by atoms with Crippen LogP contribution in [0.5, 0.6) is 11.5 Å². The molecule has 1 aromatic carbocycles. The van der Waals surface area contributed by atoms with Gasteiger partial charge in [-0.1, -0.05) is 13.3 Å². The molecular formula is C19H30N2O4. The molecule has 140 valence electrons. The maximum atomic E-state index is 12.5. The minimum Gasteiger partial charge on any atom is -0.490 e. The minimum atomic E-state index is -0.236. The first-order valence-electron chi connectivity index (χ1n) is 8.83. The van der Waals surface area contributed by atoms with Crippen molar-refractivity contribution < 1.29 is 19.1 Å². The zero-order valence-corrected chi connectivity index (χ0v) is 15.9. The SMILES string of the molecule is CCCCOc1ccc(C(=O)N(C)CC(=O)NC(C)C)cc1OCC. The maximum absolute atomic E-state index is 12.5. The highest BCUT2D eigenvalue weighted by atomic mass is 16.5. The lowest BCUT2D eigenvalue weighted by Crippen LogP contribution is -2.40. The Labute approximate surface area is 150 Å². The van der Waals surface area contributed by atoms with Crippen LogP contribution in [0.15, 0.2) is 18.2 Å². The number of amides is 2. The molecule has 1 rings (SSSR count). The van der Waals surface area contributed by atoms with Crippen LogP contribution in [0.2, 0.25) is 0 Å². The highest BCUT2D eigenvalue weighted by Crippen LogP contribution is 2.29. The Morgan fingerprint density at radius 2 is 1.88 bits per heavy atom. The molecule has 0 aliphatic rings. The van der Waals surface area contributed by atoms with Crippen molar-refractivity contribution in [3.05, 3.63) is 23.8 Å². The number of carbonyl (C=O) groups excluding carboxylic acids is 2. The standard InChI is InChI=1S/C19H30N2O4/c1-6-8-11-25-16-10-9-15(12-17(16)24-7-2)19(23)21(5)13-18(22)20-14(3)4/h9-10,12,14H,6-8,11,13H2,1-5H3,(H,20,22). The molecule has 0 radical (unpaired) electrons. The second-order valence-electron chi connectivity index (χ2n) is 6.18. The summed E-state index contributed by atoms with van der Waals surface area (Å²) in [7, 11) is 1.61. The Bertz CT molecular complexity index is 573. The van der Waals surface area contributed by atoms with E-state index >= 15 is 0 Å². The Kier molecular flexibility index (Phi) is 8.81. The molecule has 0 heterocycles. The fraction of sp³-hybridized carbons (Fsp3) is 0.579. The molecule has 0 aliphatic heterocycles. The highest BCUT2D eigenvalue weighted by Gasteiger charge is 2.17. The van der Waals surface area contributed by atoms with Crippen LogP contribution in [0.3, 0.4) is 0 Å². The first-order valence-corrected chi connectivity index (χ1v) is 8.83. The predicted octanol–water partition coefficient (Wildman–Crippen LogP) is 2.86. The minimum absolute atomic E-state index is 0.00966. The van der Waals surface area contributed by atoms with Crippen LogP contribution < -0.4 is 14.8 Å². The summed E-state index contributed by atoms with van der Waals surface area (Å²) in [5.74, 6) is 0.756. The second-order valence-corrected chi connectivity index (χ2v) is 6.18. The van der Waals surface area contributed by atoms with Crippen molar-refractivity contribution >= 4 is 11.8 Å². The Hall–Kier alpha value is -2.24. The third kappa shape index (κ3) is 7.03. The van der Waals surface area contributed by atoms with Gasteiger partial charge in [-0.3, -0.25) is 9.59 Å². The molecule has 0 aliphatic carbocycles. The van der Waals surface area contributed by atoms with Gasteiger partial charge in [0.2, 0.25) is 5.91 Å². The summed E-state index contributed by atoms with van der Waals surface area (Å²) in [4.78, 5) is 25.8. The molecule has 0 unspecified atom stereocenters. The van der Waals surface area contributed by atoms with Crippen molar-refractivity contribution in [1.29, 1.82) is 0 Å². The largest absolute Gasteiger partial charge is 0.490 e. The number of rotatable bonds is 10. The third-order valence-corrected chi connectivity index (χ3v) is 3.42. The van der Waals surface area contributed by atoms with E-state index in [2.05, 4.69) is 12.2 Å². The van der Waals surface area contributed by atoms with E-state index in [9.17, 15) is 9.59 Å². The van der Waals surface area contributed by atoms with E-state index in [1.54, 1.807) is 25.2 Å². The van der Waals surface area contributed by atoms with Gasteiger partial charge in [0, 0.05) is 18.7 Å². The molecule has 0 fully saturated rings. The highest BCUT2D eigenvalue weighted by molar-refractivity contribution is 5.96. The maximum Gasteiger partial charge on any atom is 0.254 e. The molecule has 25 heavy (non-hydrogen) atoms. The second kappa shape index (κ2) is 10.6. The lowest BCUT2D eigenvalue weighted by atomic mass is 10.1. The van der Waals surface area contributed by atoms with Crippen LogP contribution in [0, 0.1) is 0 Å². The van der Waals surface area contributed by atoms with Gasteiger partial charge in [-0.15, -0.1) is 0 Å². The van der Waals surface area contributed by atoms with E-state index in [4.69, 9.17) is 9.47 Å². The van der Waals surface area contributed by atoms with Crippen LogP contribution >= 0.6 is 0 Å². The number of nitrogens with one attached hydrogen (secondary N) is 1. The molecular weight excluding hydrogens is 320 g/mol. The van der Waals surface area contributed by atoms with Gasteiger partial charge in [0.15, 0.2) is 11.5 Å². The number of nitrogens with zero attached hydrogens (tertiary/aromatic N) is 1. The Morgan fingerprint density at radius 1 is 1.16 bits per heavy atom. The third-order valence-electron chi connectivity index (χ3n) is 3.42. The van der Waals surface area contributed by atoms with E-state index in [1.165, 1.54) is 4.90 Å². The first kappa shape index (κ1) is 20.8. The van der Waals surface area contributed by atoms with Crippen LogP contribution in [0.25, 0.3) is 0 Å². The molecule has 1 N–H and O–H groups in total. The van der Waals surface area contributed by atoms with Crippen LogP contribution in [-0.2, 0) is 4.79 Å². The lowest BCUT2D eigenvalue weighted by molar-refractivity contribution is -0.122. The fourth-order valence-electron chi connectivity index (χ4n) is 2.23. The van der Waals surface area contributed by atoms with Crippen molar-refractivity contribution in [1.82, 2.24) is 10.2 Å². The average Bonchev–Trinajstić information content (AvgIpc) is 2.55. The predicted molar refractivity (Wildman–Crippen MR) is 98.3 cm³/mol. The van der Waals surface area contributed by atoms with Gasteiger partial charge in [0.05, 0.1) is 19.8 Å². The molecule has 2 amide bonds. The summed E-state index contributed by atoms with van der Waals surface area (Å²) in [6.45, 7) is 8.84. The molecule has 0 saturated heterocycles. The summed E-state index contributed by atoms with van der Waals surface area (Å²) in [6.07, 6.45) is 2.00. The molecule has 1 aromatic rings. The lowest BCUT2D eigenvalue weighted by Gasteiger charge is -2.19. The first-order chi connectivity index (χ1) is 11.9. The smallest absolute Gasteiger partial charge is 0.254 e. The number of carbonyl (C=O) groups is 2. The van der Waals surface area contributed by atoms with Gasteiger partial charge >= 0.3 is 0 Å². The zero-order valence-electron chi connectivity index (χ0n) is 15.9. The molecule has 6 heteroatoms. The number of benzene rings is 1. The topological polar surface area (TPSA) is 67.9 Å². The molecule has 0 spiro atoms. The number of likely N-dealkylation sites (N-methyl/N-ethyl adjacent to an activating group) is 1. The summed E-state index contributed by atoms with van der Waals surface area (Å²) in [6, 6.07) is 5.16. The molecule has 0 aromatic heterocycles.